The molecule has 2 atom stereocenters. The Labute approximate surface area is 125 Å². The van der Waals surface area contributed by atoms with Gasteiger partial charge in [0.1, 0.15) is 0 Å². The van der Waals surface area contributed by atoms with E-state index in [-0.39, 0.29) is 11.9 Å². The van der Waals surface area contributed by atoms with Crippen LogP contribution in [0.25, 0.3) is 6.08 Å². The molecule has 106 valence electrons. The molecule has 0 N–H and O–H groups in total. The number of carbonyl (C=O) groups is 1. The molecule has 1 fully saturated rings. The smallest absolute Gasteiger partial charge is 0.316 e. The number of rotatable bonds is 4. The van der Waals surface area contributed by atoms with Crippen molar-refractivity contribution < 1.29 is 9.53 Å². The zero-order valence-corrected chi connectivity index (χ0v) is 12.0. The molecule has 0 amide bonds. The number of ether oxygens (including phenoxy) is 1. The SMILES string of the molecule is COC(=O)[C@@]1(/C=C/c2ccccc2)C[C@@H]1c1ccccc1. The molecule has 21 heavy (non-hydrogen) atoms. The lowest BCUT2D eigenvalue weighted by atomic mass is 9.97. The molecule has 2 heteroatoms. The van der Waals surface area contributed by atoms with Gasteiger partial charge in [-0.15, -0.1) is 0 Å². The van der Waals surface area contributed by atoms with Gasteiger partial charge in [-0.25, -0.2) is 0 Å². The third kappa shape index (κ3) is 2.62. The topological polar surface area (TPSA) is 26.3 Å². The van der Waals surface area contributed by atoms with Gasteiger partial charge in [-0.3, -0.25) is 4.79 Å². The number of esters is 1. The van der Waals surface area contributed by atoms with Crippen LogP contribution in [-0.4, -0.2) is 13.1 Å². The summed E-state index contributed by atoms with van der Waals surface area (Å²) in [6.07, 6.45) is 4.83. The van der Waals surface area contributed by atoms with Crippen molar-refractivity contribution >= 4 is 12.0 Å². The Hall–Kier alpha value is -2.35. The summed E-state index contributed by atoms with van der Waals surface area (Å²) in [5, 5.41) is 0. The molecule has 2 aromatic rings. The summed E-state index contributed by atoms with van der Waals surface area (Å²) in [6.45, 7) is 0. The van der Waals surface area contributed by atoms with Crippen LogP contribution in [0.4, 0.5) is 0 Å². The molecule has 0 bridgehead atoms. The van der Waals surface area contributed by atoms with Crippen molar-refractivity contribution in [1.29, 1.82) is 0 Å². The fourth-order valence-electron chi connectivity index (χ4n) is 2.86. The van der Waals surface area contributed by atoms with E-state index < -0.39 is 5.41 Å². The predicted molar refractivity (Wildman–Crippen MR) is 83.7 cm³/mol. The molecule has 2 aromatic carbocycles. The average Bonchev–Trinajstić information content (AvgIpc) is 3.30. The van der Waals surface area contributed by atoms with Crippen molar-refractivity contribution in [3.63, 3.8) is 0 Å². The van der Waals surface area contributed by atoms with Crippen molar-refractivity contribution in [3.05, 3.63) is 77.9 Å². The minimum Gasteiger partial charge on any atom is -0.468 e. The molecule has 2 nitrogen and oxygen atoms in total. The van der Waals surface area contributed by atoms with Crippen molar-refractivity contribution in [1.82, 2.24) is 0 Å². The van der Waals surface area contributed by atoms with Crippen LogP contribution >= 0.6 is 0 Å². The standard InChI is InChI=1S/C19H18O2/c1-21-18(20)19(13-12-15-8-4-2-5-9-15)14-17(19)16-10-6-3-7-11-16/h2-13,17H,14H2,1H3/b13-12+/t17-,19+/m1/s1. The van der Waals surface area contributed by atoms with Gasteiger partial charge in [-0.1, -0.05) is 72.8 Å². The van der Waals surface area contributed by atoms with Crippen LogP contribution in [0.1, 0.15) is 23.5 Å². The molecule has 0 radical (unpaired) electrons. The van der Waals surface area contributed by atoms with Crippen molar-refractivity contribution in [3.8, 4) is 0 Å². The number of hydrogen-bond donors (Lipinski definition) is 0. The maximum absolute atomic E-state index is 12.2. The van der Waals surface area contributed by atoms with Crippen LogP contribution in [0.3, 0.4) is 0 Å². The van der Waals surface area contributed by atoms with Gasteiger partial charge in [0, 0.05) is 5.92 Å². The number of carbonyl (C=O) groups excluding carboxylic acids is 1. The summed E-state index contributed by atoms with van der Waals surface area (Å²) in [5.41, 5.74) is 1.78. The molecule has 0 saturated heterocycles. The molecule has 3 rings (SSSR count). The first-order valence-electron chi connectivity index (χ1n) is 7.14. The van der Waals surface area contributed by atoms with Gasteiger partial charge in [-0.2, -0.15) is 0 Å². The molecule has 0 unspecified atom stereocenters. The normalized spacial score (nSPS) is 24.0. The highest BCUT2D eigenvalue weighted by Crippen LogP contribution is 2.61. The van der Waals surface area contributed by atoms with Gasteiger partial charge in [0.05, 0.1) is 12.5 Å². The number of benzene rings is 2. The van der Waals surface area contributed by atoms with Crippen molar-refractivity contribution in [2.24, 2.45) is 5.41 Å². The minimum absolute atomic E-state index is 0.150. The second-order valence-corrected chi connectivity index (χ2v) is 5.44. The summed E-state index contributed by atoms with van der Waals surface area (Å²) in [7, 11) is 1.46. The number of hydrogen-bond acceptors (Lipinski definition) is 2. The van der Waals surface area contributed by atoms with E-state index in [0.29, 0.717) is 0 Å². The molecule has 1 aliphatic carbocycles. The first-order valence-corrected chi connectivity index (χ1v) is 7.14. The maximum atomic E-state index is 12.2. The van der Waals surface area contributed by atoms with E-state index in [9.17, 15) is 4.79 Å². The van der Waals surface area contributed by atoms with Gasteiger partial charge in [-0.05, 0) is 17.5 Å². The third-order valence-corrected chi connectivity index (χ3v) is 4.14. The number of methoxy groups -OCH3 is 1. The molecule has 1 aliphatic rings. The molecule has 1 saturated carbocycles. The Morgan fingerprint density at radius 3 is 2.33 bits per heavy atom. The molecular formula is C19H18O2. The lowest BCUT2D eigenvalue weighted by Crippen LogP contribution is -2.17. The Morgan fingerprint density at radius 1 is 1.10 bits per heavy atom. The lowest BCUT2D eigenvalue weighted by Gasteiger charge is -2.10. The van der Waals surface area contributed by atoms with E-state index in [4.69, 9.17) is 4.74 Å². The van der Waals surface area contributed by atoms with Gasteiger partial charge in [0.2, 0.25) is 0 Å². The Kier molecular flexibility index (Phi) is 3.61. The van der Waals surface area contributed by atoms with Crippen LogP contribution in [0, 0.1) is 5.41 Å². The fraction of sp³-hybridized carbons (Fsp3) is 0.211. The second-order valence-electron chi connectivity index (χ2n) is 5.44. The maximum Gasteiger partial charge on any atom is 0.316 e. The average molecular weight is 278 g/mol. The quantitative estimate of drug-likeness (QED) is 0.789. The highest BCUT2D eigenvalue weighted by Gasteiger charge is 2.59. The van der Waals surface area contributed by atoms with Crippen molar-refractivity contribution in [2.75, 3.05) is 7.11 Å². The van der Waals surface area contributed by atoms with E-state index >= 15 is 0 Å². The zero-order valence-electron chi connectivity index (χ0n) is 12.0. The summed E-state index contributed by atoms with van der Waals surface area (Å²) in [5.74, 6) is 0.0645. The van der Waals surface area contributed by atoms with Crippen LogP contribution < -0.4 is 0 Å². The Balaban J connectivity index is 1.87. The second kappa shape index (κ2) is 5.57. The molecule has 0 heterocycles. The summed E-state index contributed by atoms with van der Waals surface area (Å²) >= 11 is 0. The van der Waals surface area contributed by atoms with Gasteiger partial charge in [0.25, 0.3) is 0 Å². The van der Waals surface area contributed by atoms with Crippen LogP contribution in [0.15, 0.2) is 66.7 Å². The van der Waals surface area contributed by atoms with E-state index in [2.05, 4.69) is 12.1 Å². The van der Waals surface area contributed by atoms with E-state index in [1.165, 1.54) is 12.7 Å². The van der Waals surface area contributed by atoms with E-state index in [0.717, 1.165) is 12.0 Å². The van der Waals surface area contributed by atoms with E-state index in [1.807, 2.05) is 60.7 Å². The Morgan fingerprint density at radius 2 is 1.71 bits per heavy atom. The van der Waals surface area contributed by atoms with Crippen LogP contribution in [0.2, 0.25) is 0 Å². The van der Waals surface area contributed by atoms with E-state index in [1.54, 1.807) is 0 Å². The minimum atomic E-state index is -0.508. The highest BCUT2D eigenvalue weighted by atomic mass is 16.5. The molecule has 0 aliphatic heterocycles. The van der Waals surface area contributed by atoms with Crippen LogP contribution in [-0.2, 0) is 9.53 Å². The summed E-state index contributed by atoms with van der Waals surface area (Å²) in [4.78, 5) is 12.2. The van der Waals surface area contributed by atoms with Gasteiger partial charge in [0.15, 0.2) is 0 Å². The first kappa shape index (κ1) is 13.6. The Bertz CT molecular complexity index is 646. The van der Waals surface area contributed by atoms with Gasteiger partial charge < -0.3 is 4.74 Å². The fourth-order valence-corrected chi connectivity index (χ4v) is 2.86. The first-order chi connectivity index (χ1) is 10.3. The summed E-state index contributed by atoms with van der Waals surface area (Å²) < 4.78 is 5.03. The zero-order chi connectivity index (χ0) is 14.7. The largest absolute Gasteiger partial charge is 0.468 e. The molecule has 0 spiro atoms. The van der Waals surface area contributed by atoms with Gasteiger partial charge >= 0.3 is 5.97 Å². The highest BCUT2D eigenvalue weighted by molar-refractivity contribution is 5.86. The molecular weight excluding hydrogens is 260 g/mol. The van der Waals surface area contributed by atoms with Crippen LogP contribution in [0.5, 0.6) is 0 Å². The predicted octanol–water partition coefficient (Wildman–Crippen LogP) is 4.05. The monoisotopic (exact) mass is 278 g/mol. The molecule has 0 aromatic heterocycles. The summed E-state index contributed by atoms with van der Waals surface area (Å²) in [6, 6.07) is 20.2. The lowest BCUT2D eigenvalue weighted by molar-refractivity contribution is -0.145. The van der Waals surface area contributed by atoms with Crippen molar-refractivity contribution in [2.45, 2.75) is 12.3 Å². The third-order valence-electron chi connectivity index (χ3n) is 4.14.